The average molecular weight is 320 g/mol. The van der Waals surface area contributed by atoms with Crippen LogP contribution in [0.5, 0.6) is 0 Å². The molecule has 0 bridgehead atoms. The molecule has 0 saturated heterocycles. The van der Waals surface area contributed by atoms with Crippen molar-refractivity contribution < 1.29 is 4.79 Å². The van der Waals surface area contributed by atoms with Crippen molar-refractivity contribution >= 4 is 5.91 Å². The van der Waals surface area contributed by atoms with Crippen LogP contribution in [0.4, 0.5) is 0 Å². The molecule has 2 aromatic carbocycles. The Morgan fingerprint density at radius 3 is 2.46 bits per heavy atom. The minimum Gasteiger partial charge on any atom is -0.368 e. The number of primary amides is 1. The first-order valence-electron chi connectivity index (χ1n) is 7.90. The average Bonchev–Trinajstić information content (AvgIpc) is 3.14. The second kappa shape index (κ2) is 7.57. The van der Waals surface area contributed by atoms with E-state index in [9.17, 15) is 4.79 Å². The molecule has 3 rings (SSSR count). The van der Waals surface area contributed by atoms with E-state index in [-0.39, 0.29) is 5.91 Å². The summed E-state index contributed by atoms with van der Waals surface area (Å²) < 4.78 is 1.82. The Balaban J connectivity index is 1.58. The van der Waals surface area contributed by atoms with Gasteiger partial charge in [0, 0.05) is 18.9 Å². The van der Waals surface area contributed by atoms with Crippen LogP contribution in [0.25, 0.3) is 5.69 Å². The maximum absolute atomic E-state index is 11.7. The van der Waals surface area contributed by atoms with Crippen LogP contribution in [0.15, 0.2) is 73.1 Å². The maximum Gasteiger partial charge on any atom is 0.239 e. The van der Waals surface area contributed by atoms with Gasteiger partial charge in [-0.3, -0.25) is 4.79 Å². The standard InChI is InChI=1S/C19H20N4O/c20-19(24)18(16-5-2-1-3-6-16)21-13-11-15-7-9-17(10-8-15)23-14-4-12-22-23/h1-10,12,14,18,21H,11,13H2,(H2,20,24)/t18-/m0/s1. The van der Waals surface area contributed by atoms with Gasteiger partial charge in [-0.25, -0.2) is 4.68 Å². The lowest BCUT2D eigenvalue weighted by Crippen LogP contribution is -2.34. The molecule has 0 aliphatic rings. The zero-order valence-electron chi connectivity index (χ0n) is 13.3. The summed E-state index contributed by atoms with van der Waals surface area (Å²) >= 11 is 0. The van der Waals surface area contributed by atoms with Crippen molar-refractivity contribution in [3.8, 4) is 5.69 Å². The molecule has 0 saturated carbocycles. The molecular weight excluding hydrogens is 300 g/mol. The highest BCUT2D eigenvalue weighted by atomic mass is 16.1. The van der Waals surface area contributed by atoms with Crippen LogP contribution in [0.1, 0.15) is 17.2 Å². The number of benzene rings is 2. The van der Waals surface area contributed by atoms with Gasteiger partial charge in [-0.05, 0) is 35.7 Å². The van der Waals surface area contributed by atoms with E-state index in [1.54, 1.807) is 6.20 Å². The molecule has 0 aliphatic carbocycles. The van der Waals surface area contributed by atoms with Crippen LogP contribution in [-0.4, -0.2) is 22.2 Å². The molecule has 1 atom stereocenters. The lowest BCUT2D eigenvalue weighted by Gasteiger charge is -2.15. The van der Waals surface area contributed by atoms with Crippen LogP contribution in [0.3, 0.4) is 0 Å². The van der Waals surface area contributed by atoms with E-state index in [1.165, 1.54) is 5.56 Å². The molecular formula is C19H20N4O. The lowest BCUT2D eigenvalue weighted by atomic mass is 10.1. The number of aromatic nitrogens is 2. The first-order valence-corrected chi connectivity index (χ1v) is 7.90. The van der Waals surface area contributed by atoms with Crippen molar-refractivity contribution in [3.05, 3.63) is 84.2 Å². The molecule has 3 aromatic rings. The fourth-order valence-corrected chi connectivity index (χ4v) is 2.63. The van der Waals surface area contributed by atoms with E-state index >= 15 is 0 Å². The highest BCUT2D eigenvalue weighted by Crippen LogP contribution is 2.13. The number of carbonyl (C=O) groups is 1. The Labute approximate surface area is 141 Å². The molecule has 1 aromatic heterocycles. The summed E-state index contributed by atoms with van der Waals surface area (Å²) in [6.07, 6.45) is 4.48. The number of carbonyl (C=O) groups excluding carboxylic acids is 1. The van der Waals surface area contributed by atoms with Gasteiger partial charge in [-0.1, -0.05) is 42.5 Å². The molecule has 0 unspecified atom stereocenters. The van der Waals surface area contributed by atoms with Crippen LogP contribution in [0, 0.1) is 0 Å². The Bertz CT molecular complexity index is 767. The summed E-state index contributed by atoms with van der Waals surface area (Å²) in [6, 6.07) is 19.2. The second-order valence-electron chi connectivity index (χ2n) is 5.57. The van der Waals surface area contributed by atoms with Gasteiger partial charge < -0.3 is 11.1 Å². The zero-order valence-corrected chi connectivity index (χ0v) is 13.3. The number of amides is 1. The summed E-state index contributed by atoms with van der Waals surface area (Å²) in [5.74, 6) is -0.366. The van der Waals surface area contributed by atoms with Crippen molar-refractivity contribution in [2.75, 3.05) is 6.54 Å². The Hall–Kier alpha value is -2.92. The molecule has 122 valence electrons. The number of nitrogens with two attached hydrogens (primary N) is 1. The van der Waals surface area contributed by atoms with Gasteiger partial charge in [0.05, 0.1) is 5.69 Å². The third-order valence-corrected chi connectivity index (χ3v) is 3.88. The number of nitrogens with one attached hydrogen (secondary N) is 1. The molecule has 1 amide bonds. The van der Waals surface area contributed by atoms with Crippen LogP contribution >= 0.6 is 0 Å². The highest BCUT2D eigenvalue weighted by Gasteiger charge is 2.16. The minimum atomic E-state index is -0.463. The van der Waals surface area contributed by atoms with E-state index in [1.807, 2.05) is 59.4 Å². The zero-order chi connectivity index (χ0) is 16.8. The van der Waals surface area contributed by atoms with Crippen molar-refractivity contribution in [1.29, 1.82) is 0 Å². The maximum atomic E-state index is 11.7. The normalized spacial score (nSPS) is 12.0. The Kier molecular flexibility index (Phi) is 5.03. The molecule has 3 N–H and O–H groups in total. The lowest BCUT2D eigenvalue weighted by molar-refractivity contribution is -0.120. The number of hydrogen-bond acceptors (Lipinski definition) is 3. The van der Waals surface area contributed by atoms with Gasteiger partial charge in [-0.2, -0.15) is 5.10 Å². The van der Waals surface area contributed by atoms with E-state index in [2.05, 4.69) is 22.5 Å². The van der Waals surface area contributed by atoms with Crippen LogP contribution in [0.2, 0.25) is 0 Å². The van der Waals surface area contributed by atoms with Crippen LogP contribution in [-0.2, 0) is 11.2 Å². The van der Waals surface area contributed by atoms with E-state index in [4.69, 9.17) is 5.73 Å². The van der Waals surface area contributed by atoms with Crippen molar-refractivity contribution in [3.63, 3.8) is 0 Å². The summed E-state index contributed by atoms with van der Waals surface area (Å²) in [7, 11) is 0. The van der Waals surface area contributed by atoms with Gasteiger partial charge in [0.15, 0.2) is 0 Å². The molecule has 0 radical (unpaired) electrons. The SMILES string of the molecule is NC(=O)[C@@H](NCCc1ccc(-n2cccn2)cc1)c1ccccc1. The van der Waals surface area contributed by atoms with E-state index < -0.39 is 6.04 Å². The van der Waals surface area contributed by atoms with Gasteiger partial charge in [0.25, 0.3) is 0 Å². The predicted octanol–water partition coefficient (Wildman–Crippen LogP) is 2.23. The summed E-state index contributed by atoms with van der Waals surface area (Å²) in [5.41, 5.74) is 8.61. The first kappa shape index (κ1) is 16.0. The molecule has 5 nitrogen and oxygen atoms in total. The molecule has 0 fully saturated rings. The topological polar surface area (TPSA) is 72.9 Å². The molecule has 5 heteroatoms. The second-order valence-corrected chi connectivity index (χ2v) is 5.57. The van der Waals surface area contributed by atoms with Crippen LogP contribution < -0.4 is 11.1 Å². The smallest absolute Gasteiger partial charge is 0.239 e. The number of nitrogens with zero attached hydrogens (tertiary/aromatic N) is 2. The van der Waals surface area contributed by atoms with Crippen molar-refractivity contribution in [2.45, 2.75) is 12.5 Å². The predicted molar refractivity (Wildman–Crippen MR) is 93.6 cm³/mol. The van der Waals surface area contributed by atoms with Gasteiger partial charge in [-0.15, -0.1) is 0 Å². The minimum absolute atomic E-state index is 0.366. The third kappa shape index (κ3) is 3.88. The summed E-state index contributed by atoms with van der Waals surface area (Å²) in [5, 5.41) is 7.44. The largest absolute Gasteiger partial charge is 0.368 e. The quantitative estimate of drug-likeness (QED) is 0.701. The van der Waals surface area contributed by atoms with E-state index in [0.29, 0.717) is 6.54 Å². The number of hydrogen-bond donors (Lipinski definition) is 2. The first-order chi connectivity index (χ1) is 11.7. The Morgan fingerprint density at radius 2 is 1.83 bits per heavy atom. The summed E-state index contributed by atoms with van der Waals surface area (Å²) in [6.45, 7) is 0.670. The number of rotatable bonds is 7. The molecule has 0 spiro atoms. The fourth-order valence-electron chi connectivity index (χ4n) is 2.63. The molecule has 0 aliphatic heterocycles. The summed E-state index contributed by atoms with van der Waals surface area (Å²) in [4.78, 5) is 11.7. The van der Waals surface area contributed by atoms with Gasteiger partial charge in [0.1, 0.15) is 6.04 Å². The fraction of sp³-hybridized carbons (Fsp3) is 0.158. The molecule has 24 heavy (non-hydrogen) atoms. The van der Waals surface area contributed by atoms with Gasteiger partial charge in [0.2, 0.25) is 5.91 Å². The third-order valence-electron chi connectivity index (χ3n) is 3.88. The van der Waals surface area contributed by atoms with E-state index in [0.717, 1.165) is 17.7 Å². The highest BCUT2D eigenvalue weighted by molar-refractivity contribution is 5.81. The van der Waals surface area contributed by atoms with Crippen molar-refractivity contribution in [1.82, 2.24) is 15.1 Å². The Morgan fingerprint density at radius 1 is 1.08 bits per heavy atom. The van der Waals surface area contributed by atoms with Gasteiger partial charge >= 0.3 is 0 Å². The monoisotopic (exact) mass is 320 g/mol. The van der Waals surface area contributed by atoms with Crippen molar-refractivity contribution in [2.24, 2.45) is 5.73 Å². The molecule has 1 heterocycles.